The molecule has 8 rings (SSSR count). The largest absolute Gasteiger partial charge is 0.502 e. The second kappa shape index (κ2) is 13.7. The molecule has 1 saturated heterocycles. The van der Waals surface area contributed by atoms with Gasteiger partial charge >= 0.3 is 5.97 Å². The number of ketones is 2. The normalized spacial score (nSPS) is 25.9. The van der Waals surface area contributed by atoms with Gasteiger partial charge in [-0.25, -0.2) is 4.79 Å². The minimum Gasteiger partial charge on any atom is -0.502 e. The molecule has 3 aliphatic carbocycles. The molecule has 4 aromatic carbocycles. The Morgan fingerprint density at radius 1 is 0.836 bits per heavy atom. The predicted octanol–water partition coefficient (Wildman–Crippen LogP) is 6.68. The van der Waals surface area contributed by atoms with Gasteiger partial charge < -0.3 is 19.7 Å². The lowest BCUT2D eigenvalue weighted by atomic mass is 9.45. The number of carboxylic acid groups (broad SMARTS) is 1. The van der Waals surface area contributed by atoms with Crippen molar-refractivity contribution in [1.29, 1.82) is 0 Å². The molecule has 276 valence electrons. The molecule has 1 heterocycles. The summed E-state index contributed by atoms with van der Waals surface area (Å²) in [6, 6.07) is 27.3. The second-order valence-corrected chi connectivity index (χ2v) is 14.3. The molecular weight excluding hydrogens is 698 g/mol. The molecule has 10 heteroatoms. The number of nitrogens with zero attached hydrogens (tertiary/aromatic N) is 1. The van der Waals surface area contributed by atoms with E-state index in [1.54, 1.807) is 36.4 Å². The Morgan fingerprint density at radius 3 is 2.16 bits per heavy atom. The summed E-state index contributed by atoms with van der Waals surface area (Å²) in [6.45, 7) is 0. The number of hydrogen-bond donors (Lipinski definition) is 2. The molecule has 0 aromatic heterocycles. The van der Waals surface area contributed by atoms with Crippen LogP contribution in [0.5, 0.6) is 17.2 Å². The number of anilines is 1. The number of allylic oxidation sites excluding steroid dienone is 5. The van der Waals surface area contributed by atoms with E-state index in [4.69, 9.17) is 9.47 Å². The molecule has 10 nitrogen and oxygen atoms in total. The summed E-state index contributed by atoms with van der Waals surface area (Å²) in [7, 11) is 2.85. The van der Waals surface area contributed by atoms with Gasteiger partial charge in [0.05, 0.1) is 42.7 Å². The van der Waals surface area contributed by atoms with Gasteiger partial charge in [-0.15, -0.1) is 0 Å². The highest BCUT2D eigenvalue weighted by Crippen LogP contribution is 2.61. The van der Waals surface area contributed by atoms with Gasteiger partial charge in [-0.1, -0.05) is 90.5 Å². The van der Waals surface area contributed by atoms with Crippen molar-refractivity contribution in [3.63, 3.8) is 0 Å². The van der Waals surface area contributed by atoms with E-state index in [2.05, 4.69) is 0 Å². The highest BCUT2D eigenvalue weighted by atomic mass is 16.5. The van der Waals surface area contributed by atoms with Crippen LogP contribution in [0.1, 0.15) is 39.9 Å². The Bertz CT molecular complexity index is 2340. The van der Waals surface area contributed by atoms with Crippen molar-refractivity contribution in [2.24, 2.45) is 29.6 Å². The maximum atomic E-state index is 15.2. The molecule has 2 fully saturated rings. The molecule has 0 radical (unpaired) electrons. The van der Waals surface area contributed by atoms with Gasteiger partial charge in [0.25, 0.3) is 0 Å². The Labute approximate surface area is 317 Å². The Morgan fingerprint density at radius 2 is 1.51 bits per heavy atom. The van der Waals surface area contributed by atoms with Crippen LogP contribution in [0.4, 0.5) is 5.69 Å². The number of carboxylic acids is 1. The van der Waals surface area contributed by atoms with Crippen LogP contribution in [-0.2, 0) is 24.6 Å². The van der Waals surface area contributed by atoms with Gasteiger partial charge in [-0.2, -0.15) is 0 Å². The number of amides is 2. The number of imide groups is 1. The molecule has 1 saturated carbocycles. The number of carbonyl (C=O) groups excluding carboxylic acids is 4. The topological polar surface area (TPSA) is 148 Å². The maximum Gasteiger partial charge on any atom is 0.335 e. The van der Waals surface area contributed by atoms with Crippen LogP contribution in [0.3, 0.4) is 0 Å². The highest BCUT2D eigenvalue weighted by Gasteiger charge is 2.65. The Balaban J connectivity index is 1.32. The average Bonchev–Trinajstić information content (AvgIpc) is 3.47. The zero-order chi connectivity index (χ0) is 38.6. The number of Topliss-reactive ketones (excluding diaryl/α,β-unsaturated/α-hetero) is 1. The molecule has 4 aromatic rings. The average molecular weight is 736 g/mol. The molecule has 4 aliphatic rings. The van der Waals surface area contributed by atoms with Gasteiger partial charge in [0.1, 0.15) is 0 Å². The first-order valence-electron chi connectivity index (χ1n) is 18.1. The summed E-state index contributed by atoms with van der Waals surface area (Å²) >= 11 is 0. The lowest BCUT2D eigenvalue weighted by molar-refractivity contribution is -0.135. The molecular formula is C45H37NO9. The molecule has 55 heavy (non-hydrogen) atoms. The number of aromatic carboxylic acids is 1. The molecule has 2 amide bonds. The maximum absolute atomic E-state index is 15.2. The van der Waals surface area contributed by atoms with Crippen LogP contribution < -0.4 is 14.4 Å². The first kappa shape index (κ1) is 35.5. The molecule has 6 atom stereocenters. The number of phenolic OH excluding ortho intramolecular Hbond substituents is 1. The smallest absolute Gasteiger partial charge is 0.335 e. The van der Waals surface area contributed by atoms with Gasteiger partial charge in [-0.3, -0.25) is 24.1 Å². The highest BCUT2D eigenvalue weighted by molar-refractivity contribution is 6.31. The Kier molecular flexibility index (Phi) is 8.84. The summed E-state index contributed by atoms with van der Waals surface area (Å²) < 4.78 is 10.8. The molecule has 1 aliphatic heterocycles. The van der Waals surface area contributed by atoms with Gasteiger partial charge in [0.2, 0.25) is 17.6 Å². The van der Waals surface area contributed by atoms with Crippen LogP contribution >= 0.6 is 0 Å². The van der Waals surface area contributed by atoms with Crippen molar-refractivity contribution in [1.82, 2.24) is 0 Å². The van der Waals surface area contributed by atoms with Crippen molar-refractivity contribution >= 4 is 46.7 Å². The summed E-state index contributed by atoms with van der Waals surface area (Å²) in [6.07, 6.45) is 7.43. The van der Waals surface area contributed by atoms with Gasteiger partial charge in [-0.05, 0) is 71.9 Å². The third-order valence-corrected chi connectivity index (χ3v) is 11.8. The van der Waals surface area contributed by atoms with Crippen LogP contribution in [0.25, 0.3) is 11.6 Å². The SMILES string of the molecule is COc1cc(C=CC2C3=CCC4C(=O)N(c5cccc(C(=O)O)c5)C(=O)C4C3CC3C(=O)C(c4ccccc4)=CC(=O)C23c2ccccc2)cc(OC)c1O. The zero-order valence-corrected chi connectivity index (χ0v) is 30.0. The van der Waals surface area contributed by atoms with Crippen molar-refractivity contribution in [3.8, 4) is 17.2 Å². The lowest BCUT2D eigenvalue weighted by Gasteiger charge is -2.54. The van der Waals surface area contributed by atoms with Crippen molar-refractivity contribution < 1.29 is 43.7 Å². The number of benzene rings is 4. The van der Waals surface area contributed by atoms with Crippen molar-refractivity contribution in [2.45, 2.75) is 18.3 Å². The van der Waals surface area contributed by atoms with E-state index < -0.39 is 52.8 Å². The number of hydrogen-bond acceptors (Lipinski definition) is 8. The molecule has 0 spiro atoms. The fourth-order valence-corrected chi connectivity index (χ4v) is 9.37. The van der Waals surface area contributed by atoms with Crippen molar-refractivity contribution in [2.75, 3.05) is 19.1 Å². The number of rotatable bonds is 8. The minimum absolute atomic E-state index is 0.0590. The standard InChI is InChI=1S/C45H37NO9/c1-54-36-20-25(21-37(55-2)41(36)49)16-19-34-30-17-18-31-39(43(51)46(42(31)50)29-15-9-12-27(22-29)44(52)53)33(30)23-35-40(48)32(26-10-5-3-6-11-26)24-38(47)45(34,35)28-13-7-4-8-14-28/h3-17,19-22,24,31,33-35,39,49H,18,23H2,1-2H3,(H,52,53). The van der Waals surface area contributed by atoms with E-state index in [0.717, 1.165) is 10.5 Å². The number of methoxy groups -OCH3 is 2. The monoisotopic (exact) mass is 735 g/mol. The summed E-state index contributed by atoms with van der Waals surface area (Å²) in [5.74, 6) is -6.25. The Hall–Kier alpha value is -6.55. The molecule has 6 unspecified atom stereocenters. The fraction of sp³-hybridized carbons (Fsp3) is 0.222. The second-order valence-electron chi connectivity index (χ2n) is 14.3. The van der Waals surface area contributed by atoms with Crippen LogP contribution in [0.2, 0.25) is 0 Å². The van der Waals surface area contributed by atoms with E-state index in [-0.39, 0.29) is 52.9 Å². The van der Waals surface area contributed by atoms with Crippen LogP contribution in [0.15, 0.2) is 121 Å². The molecule has 2 N–H and O–H groups in total. The van der Waals surface area contributed by atoms with Crippen LogP contribution in [-0.4, -0.2) is 53.8 Å². The number of fused-ring (bicyclic) bond motifs is 4. The number of phenols is 1. The van der Waals surface area contributed by atoms with Crippen molar-refractivity contribution in [3.05, 3.63) is 143 Å². The van der Waals surface area contributed by atoms with E-state index in [0.29, 0.717) is 22.3 Å². The van der Waals surface area contributed by atoms with E-state index >= 15 is 9.59 Å². The number of aromatic hydroxyl groups is 1. The van der Waals surface area contributed by atoms with Crippen LogP contribution in [0, 0.1) is 29.6 Å². The number of carbonyl (C=O) groups is 5. The third-order valence-electron chi connectivity index (χ3n) is 11.8. The summed E-state index contributed by atoms with van der Waals surface area (Å²) in [4.78, 5) is 71.8. The minimum atomic E-state index is -1.41. The van der Waals surface area contributed by atoms with E-state index in [1.807, 2.05) is 60.7 Å². The van der Waals surface area contributed by atoms with Gasteiger partial charge in [0, 0.05) is 17.4 Å². The lowest BCUT2D eigenvalue weighted by Crippen LogP contribution is -2.59. The quantitative estimate of drug-likeness (QED) is 0.149. The number of ether oxygens (including phenoxy) is 2. The fourth-order valence-electron chi connectivity index (χ4n) is 9.37. The summed E-state index contributed by atoms with van der Waals surface area (Å²) in [5, 5.41) is 20.3. The third kappa shape index (κ3) is 5.50. The molecule has 0 bridgehead atoms. The first-order chi connectivity index (χ1) is 26.6. The van der Waals surface area contributed by atoms with E-state index in [9.17, 15) is 24.6 Å². The van der Waals surface area contributed by atoms with E-state index in [1.165, 1.54) is 38.5 Å². The van der Waals surface area contributed by atoms with Gasteiger partial charge in [0.15, 0.2) is 23.1 Å². The predicted molar refractivity (Wildman–Crippen MR) is 203 cm³/mol. The summed E-state index contributed by atoms with van der Waals surface area (Å²) in [5.41, 5.74) is 1.62. The zero-order valence-electron chi connectivity index (χ0n) is 30.0. The first-order valence-corrected chi connectivity index (χ1v) is 18.1.